The second-order valence-corrected chi connectivity index (χ2v) is 21.5. The van der Waals surface area contributed by atoms with Crippen LogP contribution in [0.3, 0.4) is 0 Å². The first-order valence-electron chi connectivity index (χ1n) is 16.3. The maximum atomic E-state index is 13.5. The van der Waals surface area contributed by atoms with Gasteiger partial charge >= 0.3 is 0 Å². The highest BCUT2D eigenvalue weighted by atomic mass is 32.4. The molecule has 1 aliphatic heterocycles. The van der Waals surface area contributed by atoms with Gasteiger partial charge in [-0.05, 0) is 111 Å². The number of hydrazone groups is 1. The third-order valence-corrected chi connectivity index (χ3v) is 17.3. The van der Waals surface area contributed by atoms with E-state index >= 15 is 0 Å². The molecular weight excluding hydrogens is 594 g/mol. The summed E-state index contributed by atoms with van der Waals surface area (Å²) in [6.45, 7) is 41.3. The Labute approximate surface area is 271 Å². The fourth-order valence-corrected chi connectivity index (χ4v) is 17.7. The summed E-state index contributed by atoms with van der Waals surface area (Å²) in [5, 5.41) is 10.4. The maximum absolute atomic E-state index is 13.5. The molecule has 0 fully saturated rings. The minimum Gasteiger partial charge on any atom is -0.292 e. The minimum atomic E-state index is -2.88. The van der Waals surface area contributed by atoms with E-state index in [0.717, 1.165) is 0 Å². The van der Waals surface area contributed by atoms with E-state index in [4.69, 9.17) is 26.9 Å². The molecule has 0 radical (unpaired) electrons. The number of rotatable bonds is 15. The number of hydrogen-bond donors (Lipinski definition) is 0. The molecule has 43 heavy (non-hydrogen) atoms. The van der Waals surface area contributed by atoms with Crippen LogP contribution in [0.5, 0.6) is 0 Å². The van der Waals surface area contributed by atoms with Gasteiger partial charge in [0.1, 0.15) is 6.34 Å². The fraction of sp³-hybridized carbons (Fsp3) is 0.903. The lowest BCUT2D eigenvalue weighted by atomic mass is 9.92. The van der Waals surface area contributed by atoms with Crippen LogP contribution >= 0.6 is 13.8 Å². The zero-order valence-corrected chi connectivity index (χ0v) is 33.6. The van der Waals surface area contributed by atoms with Gasteiger partial charge in [-0.1, -0.05) is 32.6 Å². The van der Waals surface area contributed by atoms with Crippen molar-refractivity contribution in [3.63, 3.8) is 0 Å². The van der Waals surface area contributed by atoms with Gasteiger partial charge in [0, 0.05) is 53.7 Å². The Kier molecular flexibility index (Phi) is 14.5. The monoisotopic (exact) mass is 660 g/mol. The summed E-state index contributed by atoms with van der Waals surface area (Å²) in [6.07, 6.45) is -1.31. The van der Waals surface area contributed by atoms with E-state index in [2.05, 4.69) is 134 Å². The molecule has 0 atom stereocenters. The van der Waals surface area contributed by atoms with E-state index in [1.54, 1.807) is 0 Å². The van der Waals surface area contributed by atoms with Crippen molar-refractivity contribution in [3.05, 3.63) is 0 Å². The van der Waals surface area contributed by atoms with Gasteiger partial charge < -0.3 is 0 Å². The number of nitrogens with zero attached hydrogens (tertiary/aromatic N) is 8. The van der Waals surface area contributed by atoms with E-state index in [9.17, 15) is 4.79 Å². The molecular formula is C31H66N8OP2S. The molecule has 0 bridgehead atoms. The molecule has 0 amide bonds. The van der Waals surface area contributed by atoms with Crippen LogP contribution in [-0.2, 0) is 16.6 Å². The van der Waals surface area contributed by atoms with Gasteiger partial charge in [0.05, 0.1) is 6.21 Å². The quantitative estimate of drug-likeness (QED) is 0.128. The van der Waals surface area contributed by atoms with Gasteiger partial charge in [-0.3, -0.25) is 14.1 Å². The third kappa shape index (κ3) is 8.28. The van der Waals surface area contributed by atoms with Gasteiger partial charge in [-0.2, -0.15) is 9.88 Å². The summed E-state index contributed by atoms with van der Waals surface area (Å²) in [5.74, 6) is -0.0411. The number of carbonyl (C=O) groups is 1. The lowest BCUT2D eigenvalue weighted by Crippen LogP contribution is -2.52. The van der Waals surface area contributed by atoms with Crippen LogP contribution in [0.4, 0.5) is 0 Å². The molecule has 1 rings (SSSR count). The molecule has 0 N–H and O–H groups in total. The normalized spacial score (nSPS) is 17.0. The summed E-state index contributed by atoms with van der Waals surface area (Å²) in [4.78, 5) is 18.8. The van der Waals surface area contributed by atoms with Gasteiger partial charge in [0.15, 0.2) is 5.78 Å². The molecule has 0 unspecified atom stereocenters. The molecule has 12 heteroatoms. The van der Waals surface area contributed by atoms with Crippen LogP contribution in [-0.4, -0.2) is 89.4 Å². The first kappa shape index (κ1) is 40.6. The zero-order chi connectivity index (χ0) is 34.0. The standard InChI is InChI=1S/C31H66N8OP2S/c1-21(2)35(22(3)4)41(43,36(23(5)6)24(7)8)30-33-34-42(37(25(9)10)26(11)12,38(27(13)14)28(15)16)39(30)32-20-29(40)31(17,18)19/h20-28H,1-19H3. The van der Waals surface area contributed by atoms with E-state index < -0.39 is 19.3 Å². The Balaban J connectivity index is 4.51. The van der Waals surface area contributed by atoms with Gasteiger partial charge in [0.2, 0.25) is 13.1 Å². The van der Waals surface area contributed by atoms with Crippen molar-refractivity contribution < 1.29 is 4.79 Å². The number of carbonyl (C=O) groups excluding carboxylic acids is 1. The SMILES string of the molecule is CC(C)N(C(C)C)P(=S)(C1=NN=P(N(C(C)C)C(C)C)(N(C(C)C)C(C)C)N1N=CC(=O)C(C)(C)C)N(C(C)C)C(C)C. The highest BCUT2D eigenvalue weighted by Gasteiger charge is 2.56. The summed E-state index contributed by atoms with van der Waals surface area (Å²) >= 11 is 7.03. The van der Waals surface area contributed by atoms with Gasteiger partial charge in [0.25, 0.3) is 0 Å². The van der Waals surface area contributed by atoms with Crippen LogP contribution in [0.25, 0.3) is 0 Å². The number of amidine groups is 1. The average molecular weight is 661 g/mol. The van der Waals surface area contributed by atoms with E-state index in [-0.39, 0.29) is 54.1 Å². The molecule has 0 saturated heterocycles. The van der Waals surface area contributed by atoms with E-state index in [1.807, 2.05) is 20.8 Å². The van der Waals surface area contributed by atoms with Crippen molar-refractivity contribution in [2.75, 3.05) is 0 Å². The van der Waals surface area contributed by atoms with E-state index in [1.165, 1.54) is 6.21 Å². The highest BCUT2D eigenvalue weighted by molar-refractivity contribution is 8.20. The summed E-state index contributed by atoms with van der Waals surface area (Å²) in [7, 11) is -2.88. The van der Waals surface area contributed by atoms with E-state index in [0.29, 0.717) is 5.58 Å². The lowest BCUT2D eigenvalue weighted by Gasteiger charge is -2.54. The Morgan fingerprint density at radius 2 is 1.05 bits per heavy atom. The van der Waals surface area contributed by atoms with Crippen LogP contribution in [0.1, 0.15) is 132 Å². The molecule has 0 aliphatic carbocycles. The molecule has 0 spiro atoms. The zero-order valence-electron chi connectivity index (χ0n) is 31.0. The topological polar surface area (TPSA) is 70.4 Å². The van der Waals surface area contributed by atoms with Crippen molar-refractivity contribution >= 4 is 43.2 Å². The van der Waals surface area contributed by atoms with Crippen LogP contribution in [0, 0.1) is 5.41 Å². The predicted octanol–water partition coefficient (Wildman–Crippen LogP) is 8.90. The Bertz CT molecular complexity index is 1030. The Hall–Kier alpha value is -0.470. The first-order valence-corrected chi connectivity index (χ1v) is 20.6. The molecule has 0 saturated carbocycles. The van der Waals surface area contributed by atoms with Crippen molar-refractivity contribution in [2.45, 2.75) is 180 Å². The van der Waals surface area contributed by atoms with Crippen LogP contribution < -0.4 is 0 Å². The van der Waals surface area contributed by atoms with Crippen LogP contribution in [0.15, 0.2) is 15.1 Å². The highest BCUT2D eigenvalue weighted by Crippen LogP contribution is 2.72. The second kappa shape index (κ2) is 15.4. The Morgan fingerprint density at radius 1 is 0.721 bits per heavy atom. The van der Waals surface area contributed by atoms with Crippen molar-refractivity contribution in [1.29, 1.82) is 0 Å². The predicted molar refractivity (Wildman–Crippen MR) is 194 cm³/mol. The number of ketones is 1. The lowest BCUT2D eigenvalue weighted by molar-refractivity contribution is -0.119. The molecule has 0 aromatic carbocycles. The molecule has 9 nitrogen and oxygen atoms in total. The number of hydrogen-bond acceptors (Lipinski definition) is 8. The smallest absolute Gasteiger partial charge is 0.240 e. The number of Topliss-reactive ketones (excluding diaryl/α,β-unsaturated/α-hetero) is 1. The third-order valence-electron chi connectivity index (χ3n) is 7.45. The average Bonchev–Trinajstić information content (AvgIpc) is 3.13. The summed E-state index contributed by atoms with van der Waals surface area (Å²) in [6, 6.07) is 1.17. The van der Waals surface area contributed by atoms with Gasteiger partial charge in [-0.15, -0.1) is 9.96 Å². The molecule has 0 aromatic heterocycles. The molecule has 1 aliphatic rings. The van der Waals surface area contributed by atoms with Gasteiger partial charge in [-0.25, -0.2) is 9.34 Å². The summed E-state index contributed by atoms with van der Waals surface area (Å²) in [5.41, 5.74) is 0.130. The minimum absolute atomic E-state index is 0.0411. The largest absolute Gasteiger partial charge is 0.292 e. The molecule has 252 valence electrons. The van der Waals surface area contributed by atoms with Crippen molar-refractivity contribution in [1.82, 2.24) is 23.5 Å². The summed E-state index contributed by atoms with van der Waals surface area (Å²) < 4.78 is 12.0. The first-order chi connectivity index (χ1) is 19.4. The Morgan fingerprint density at radius 3 is 1.30 bits per heavy atom. The molecule has 1 heterocycles. The maximum Gasteiger partial charge on any atom is 0.240 e. The second-order valence-electron chi connectivity index (χ2n) is 15.0. The molecule has 0 aromatic rings. The van der Waals surface area contributed by atoms with Crippen molar-refractivity contribution in [2.24, 2.45) is 20.5 Å². The fourth-order valence-electron chi connectivity index (χ4n) is 6.50. The van der Waals surface area contributed by atoms with Crippen molar-refractivity contribution in [3.8, 4) is 0 Å². The van der Waals surface area contributed by atoms with Crippen LogP contribution in [0.2, 0.25) is 0 Å².